The fourth-order valence-electron chi connectivity index (χ4n) is 3.54. The quantitative estimate of drug-likeness (QED) is 0.573. The molecule has 0 aliphatic carbocycles. The van der Waals surface area contributed by atoms with Gasteiger partial charge in [0.15, 0.2) is 0 Å². The molecule has 1 aliphatic heterocycles. The molecule has 28 heavy (non-hydrogen) atoms. The first-order valence-electron chi connectivity index (χ1n) is 8.77. The number of phenols is 1. The Morgan fingerprint density at radius 1 is 0.857 bits per heavy atom. The number of fused-ring (bicyclic) bond motifs is 1. The average molecular weight is 382 g/mol. The summed E-state index contributed by atoms with van der Waals surface area (Å²) in [7, 11) is 0. The van der Waals surface area contributed by atoms with Crippen LogP contribution in [0.1, 0.15) is 35.3 Å². The summed E-state index contributed by atoms with van der Waals surface area (Å²) in [4.78, 5) is 0. The van der Waals surface area contributed by atoms with E-state index in [1.54, 1.807) is 13.0 Å². The van der Waals surface area contributed by atoms with E-state index in [0.29, 0.717) is 34.6 Å². The molecule has 1 N–H and O–H groups in total. The Balaban J connectivity index is 2.01. The fourth-order valence-corrected chi connectivity index (χ4v) is 3.54. The molecular formula is C23H17F3O2. The van der Waals surface area contributed by atoms with Crippen molar-refractivity contribution < 1.29 is 23.0 Å². The molecule has 4 rings (SSSR count). The standard InChI is InChI=1S/C23H17F3O2/c1-12-3-5-14(6-4-12)23-21(22-18(25)9-15(24)10-19(22)26)13(2)17-11-16(27)7-8-20(17)28-23/h3-11,23,27H,1-2H3. The number of aromatic hydroxyl groups is 1. The van der Waals surface area contributed by atoms with Crippen LogP contribution in [0.25, 0.3) is 11.1 Å². The Bertz CT molecular complexity index is 1080. The number of benzene rings is 3. The van der Waals surface area contributed by atoms with Crippen molar-refractivity contribution >= 4 is 11.1 Å². The molecule has 0 bridgehead atoms. The highest BCUT2D eigenvalue weighted by atomic mass is 19.1. The largest absolute Gasteiger partial charge is 0.508 e. The van der Waals surface area contributed by atoms with Gasteiger partial charge in [0, 0.05) is 23.3 Å². The highest BCUT2D eigenvalue weighted by molar-refractivity contribution is 5.96. The maximum absolute atomic E-state index is 14.7. The van der Waals surface area contributed by atoms with Crippen molar-refractivity contribution in [3.8, 4) is 11.5 Å². The summed E-state index contributed by atoms with van der Waals surface area (Å²) in [5, 5.41) is 9.85. The molecule has 2 nitrogen and oxygen atoms in total. The van der Waals surface area contributed by atoms with Gasteiger partial charge in [0.05, 0.1) is 5.56 Å². The molecule has 1 heterocycles. The Labute approximate surface area is 160 Å². The molecule has 3 aromatic rings. The Kier molecular flexibility index (Phi) is 4.38. The molecule has 0 radical (unpaired) electrons. The van der Waals surface area contributed by atoms with Crippen LogP contribution in [0.2, 0.25) is 0 Å². The Morgan fingerprint density at radius 2 is 1.50 bits per heavy atom. The maximum Gasteiger partial charge on any atom is 0.150 e. The van der Waals surface area contributed by atoms with E-state index in [-0.39, 0.29) is 16.9 Å². The van der Waals surface area contributed by atoms with Gasteiger partial charge in [0.1, 0.15) is 35.1 Å². The van der Waals surface area contributed by atoms with Gasteiger partial charge < -0.3 is 9.84 Å². The molecule has 3 aromatic carbocycles. The summed E-state index contributed by atoms with van der Waals surface area (Å²) in [6.45, 7) is 3.64. The van der Waals surface area contributed by atoms with Crippen molar-refractivity contribution in [2.45, 2.75) is 20.0 Å². The van der Waals surface area contributed by atoms with Crippen LogP contribution < -0.4 is 4.74 Å². The Morgan fingerprint density at radius 3 is 2.14 bits per heavy atom. The monoisotopic (exact) mass is 382 g/mol. The minimum atomic E-state index is -1.00. The molecule has 0 saturated heterocycles. The molecule has 5 heteroatoms. The SMILES string of the molecule is CC1=C(c2c(F)cc(F)cc2F)C(c2ccc(C)cc2)Oc2ccc(O)cc21. The summed E-state index contributed by atoms with van der Waals surface area (Å²) < 4.78 is 48.9. The lowest BCUT2D eigenvalue weighted by molar-refractivity contribution is 0.258. The smallest absolute Gasteiger partial charge is 0.150 e. The second-order valence-corrected chi connectivity index (χ2v) is 6.87. The van der Waals surface area contributed by atoms with E-state index in [9.17, 15) is 18.3 Å². The highest BCUT2D eigenvalue weighted by Gasteiger charge is 2.33. The summed E-state index contributed by atoms with van der Waals surface area (Å²) in [5.41, 5.74) is 2.75. The van der Waals surface area contributed by atoms with Gasteiger partial charge in [-0.25, -0.2) is 13.2 Å². The van der Waals surface area contributed by atoms with Crippen LogP contribution in [0, 0.1) is 24.4 Å². The minimum Gasteiger partial charge on any atom is -0.508 e. The number of phenolic OH excluding ortho intramolecular Hbond substituents is 1. The molecule has 0 aromatic heterocycles. The summed E-state index contributed by atoms with van der Waals surface area (Å²) >= 11 is 0. The van der Waals surface area contributed by atoms with Crippen molar-refractivity contribution in [2.24, 2.45) is 0 Å². The highest BCUT2D eigenvalue weighted by Crippen LogP contribution is 2.48. The van der Waals surface area contributed by atoms with Crippen LogP contribution in [0.3, 0.4) is 0 Å². The lowest BCUT2D eigenvalue weighted by Gasteiger charge is -2.31. The lowest BCUT2D eigenvalue weighted by atomic mass is 9.85. The van der Waals surface area contributed by atoms with E-state index >= 15 is 0 Å². The van der Waals surface area contributed by atoms with Crippen LogP contribution in [0.15, 0.2) is 54.6 Å². The number of allylic oxidation sites excluding steroid dienone is 1. The predicted octanol–water partition coefficient (Wildman–Crippen LogP) is 6.18. The average Bonchev–Trinajstić information content (AvgIpc) is 2.64. The van der Waals surface area contributed by atoms with Crippen molar-refractivity contribution in [1.82, 2.24) is 0 Å². The van der Waals surface area contributed by atoms with Gasteiger partial charge in [-0.05, 0) is 43.2 Å². The molecule has 1 unspecified atom stereocenters. The van der Waals surface area contributed by atoms with E-state index in [1.165, 1.54) is 12.1 Å². The molecular weight excluding hydrogens is 365 g/mol. The van der Waals surface area contributed by atoms with Gasteiger partial charge in [0.2, 0.25) is 0 Å². The first-order valence-corrected chi connectivity index (χ1v) is 8.77. The number of ether oxygens (including phenoxy) is 1. The summed E-state index contributed by atoms with van der Waals surface area (Å²) in [6, 6.07) is 13.3. The topological polar surface area (TPSA) is 29.5 Å². The molecule has 142 valence electrons. The van der Waals surface area contributed by atoms with Crippen LogP contribution in [0.4, 0.5) is 13.2 Å². The second-order valence-electron chi connectivity index (χ2n) is 6.87. The number of hydrogen-bond acceptors (Lipinski definition) is 2. The van der Waals surface area contributed by atoms with Gasteiger partial charge in [0.25, 0.3) is 0 Å². The number of rotatable bonds is 2. The molecule has 0 fully saturated rings. The van der Waals surface area contributed by atoms with E-state index in [4.69, 9.17) is 4.74 Å². The number of hydrogen-bond donors (Lipinski definition) is 1. The van der Waals surface area contributed by atoms with E-state index in [1.807, 2.05) is 31.2 Å². The van der Waals surface area contributed by atoms with Crippen molar-refractivity contribution in [3.05, 3.63) is 94.3 Å². The van der Waals surface area contributed by atoms with E-state index < -0.39 is 23.6 Å². The second kappa shape index (κ2) is 6.75. The molecule has 1 aliphatic rings. The van der Waals surface area contributed by atoms with Crippen LogP contribution in [-0.4, -0.2) is 5.11 Å². The van der Waals surface area contributed by atoms with Gasteiger partial charge in [-0.1, -0.05) is 29.8 Å². The summed E-state index contributed by atoms with van der Waals surface area (Å²) in [5.74, 6) is -2.49. The van der Waals surface area contributed by atoms with Gasteiger partial charge in [-0.2, -0.15) is 0 Å². The van der Waals surface area contributed by atoms with E-state index in [0.717, 1.165) is 5.56 Å². The van der Waals surface area contributed by atoms with Crippen molar-refractivity contribution in [2.75, 3.05) is 0 Å². The number of halogens is 3. The third-order valence-electron chi connectivity index (χ3n) is 4.93. The summed E-state index contributed by atoms with van der Waals surface area (Å²) in [6.07, 6.45) is -0.785. The third-order valence-corrected chi connectivity index (χ3v) is 4.93. The molecule has 0 spiro atoms. The zero-order chi connectivity index (χ0) is 20.0. The molecule has 0 saturated carbocycles. The van der Waals surface area contributed by atoms with E-state index in [2.05, 4.69) is 0 Å². The Hall–Kier alpha value is -3.21. The third kappa shape index (κ3) is 3.03. The minimum absolute atomic E-state index is 0.00915. The van der Waals surface area contributed by atoms with Crippen molar-refractivity contribution in [1.29, 1.82) is 0 Å². The van der Waals surface area contributed by atoms with Crippen LogP contribution >= 0.6 is 0 Å². The van der Waals surface area contributed by atoms with Gasteiger partial charge in [-0.15, -0.1) is 0 Å². The van der Waals surface area contributed by atoms with Crippen LogP contribution in [0.5, 0.6) is 11.5 Å². The van der Waals surface area contributed by atoms with Crippen LogP contribution in [-0.2, 0) is 0 Å². The maximum atomic E-state index is 14.7. The zero-order valence-electron chi connectivity index (χ0n) is 15.3. The van der Waals surface area contributed by atoms with Crippen molar-refractivity contribution in [3.63, 3.8) is 0 Å². The zero-order valence-corrected chi connectivity index (χ0v) is 15.3. The predicted molar refractivity (Wildman–Crippen MR) is 101 cm³/mol. The first-order chi connectivity index (χ1) is 13.3. The first kappa shape index (κ1) is 18.2. The molecule has 1 atom stereocenters. The lowest BCUT2D eigenvalue weighted by Crippen LogP contribution is -2.18. The fraction of sp³-hybridized carbons (Fsp3) is 0.130. The number of aryl methyl sites for hydroxylation is 1. The van der Waals surface area contributed by atoms with Gasteiger partial charge in [-0.3, -0.25) is 0 Å². The normalized spacial score (nSPS) is 16.0. The van der Waals surface area contributed by atoms with Gasteiger partial charge >= 0.3 is 0 Å². The molecule has 0 amide bonds.